The molecule has 0 bridgehead atoms. The van der Waals surface area contributed by atoms with Gasteiger partial charge in [0.15, 0.2) is 0 Å². The van der Waals surface area contributed by atoms with Crippen molar-refractivity contribution in [1.29, 1.82) is 0 Å². The van der Waals surface area contributed by atoms with E-state index < -0.39 is 35.4 Å². The molecule has 0 saturated heterocycles. The Kier molecular flexibility index (Phi) is 4.81. The Morgan fingerprint density at radius 1 is 1.21 bits per heavy atom. The average molecular weight is 398 g/mol. The van der Waals surface area contributed by atoms with Crippen LogP contribution in [0.25, 0.3) is 0 Å². The molecule has 0 radical (unpaired) electrons. The van der Waals surface area contributed by atoms with Crippen LogP contribution in [0.15, 0.2) is 41.1 Å². The number of rotatable bonds is 6. The second-order valence-corrected chi connectivity index (χ2v) is 8.48. The van der Waals surface area contributed by atoms with Gasteiger partial charge in [-0.05, 0) is 41.8 Å². The molecular weight excluding hydrogens is 376 g/mol. The molecule has 1 fully saturated rings. The molecular formula is C21H22N2O4S. The molecule has 4 atom stereocenters. The van der Waals surface area contributed by atoms with E-state index in [0.717, 1.165) is 30.5 Å². The van der Waals surface area contributed by atoms with Crippen LogP contribution >= 0.6 is 11.3 Å². The summed E-state index contributed by atoms with van der Waals surface area (Å²) in [6.07, 6.45) is 2.24. The summed E-state index contributed by atoms with van der Waals surface area (Å²) in [4.78, 5) is 37.5. The molecule has 1 aromatic carbocycles. The topological polar surface area (TPSA) is 109 Å². The number of aliphatic carboxylic acids is 1. The summed E-state index contributed by atoms with van der Waals surface area (Å²) >= 11 is 1.31. The van der Waals surface area contributed by atoms with E-state index in [1.54, 1.807) is 16.8 Å². The Balaban J connectivity index is 1.73. The third kappa shape index (κ3) is 3.04. The smallest absolute Gasteiger partial charge is 0.324 e. The van der Waals surface area contributed by atoms with Crippen LogP contribution in [-0.4, -0.2) is 34.2 Å². The summed E-state index contributed by atoms with van der Waals surface area (Å²) in [5.74, 6) is -3.20. The predicted molar refractivity (Wildman–Crippen MR) is 107 cm³/mol. The fraction of sp³-hybridized carbons (Fsp3) is 0.381. The lowest BCUT2D eigenvalue weighted by atomic mass is 9.66. The first kappa shape index (κ1) is 18.8. The average Bonchev–Trinajstić information content (AvgIpc) is 3.36. The number of nitrogens with one attached hydrogen (secondary N) is 1. The number of thiophene rings is 1. The molecule has 1 aliphatic carbocycles. The number of nitrogens with two attached hydrogens (primary N) is 1. The van der Waals surface area contributed by atoms with Crippen LogP contribution in [0.5, 0.6) is 0 Å². The van der Waals surface area contributed by atoms with Gasteiger partial charge < -0.3 is 16.2 Å². The van der Waals surface area contributed by atoms with E-state index in [0.29, 0.717) is 0 Å². The number of hydrogen-bond acceptors (Lipinski definition) is 6. The molecule has 2 heterocycles. The molecule has 1 aliphatic heterocycles. The Bertz CT molecular complexity index is 926. The monoisotopic (exact) mass is 398 g/mol. The molecule has 1 aromatic heterocycles. The third-order valence-corrected chi connectivity index (χ3v) is 6.76. The van der Waals surface area contributed by atoms with Crippen molar-refractivity contribution in [2.75, 3.05) is 5.32 Å². The zero-order valence-electron chi connectivity index (χ0n) is 15.3. The maximum absolute atomic E-state index is 12.7. The first-order valence-corrected chi connectivity index (χ1v) is 10.3. The van der Waals surface area contributed by atoms with Crippen molar-refractivity contribution in [3.63, 3.8) is 0 Å². The molecule has 146 valence electrons. The van der Waals surface area contributed by atoms with Crippen LogP contribution in [0, 0.1) is 5.92 Å². The fourth-order valence-corrected chi connectivity index (χ4v) is 5.41. The minimum atomic E-state index is -1.84. The molecule has 7 heteroatoms. The number of carbonyl (C=O) groups is 3. The highest BCUT2D eigenvalue weighted by Gasteiger charge is 2.53. The Morgan fingerprint density at radius 2 is 2.00 bits per heavy atom. The summed E-state index contributed by atoms with van der Waals surface area (Å²) in [5, 5.41) is 16.9. The van der Waals surface area contributed by atoms with Gasteiger partial charge in [0.2, 0.25) is 11.6 Å². The Labute approximate surface area is 166 Å². The van der Waals surface area contributed by atoms with E-state index in [2.05, 4.69) is 5.32 Å². The van der Waals surface area contributed by atoms with E-state index in [4.69, 9.17) is 5.73 Å². The highest BCUT2D eigenvalue weighted by molar-refractivity contribution is 7.08. The number of fused-ring (bicyclic) bond motifs is 2. The van der Waals surface area contributed by atoms with Crippen LogP contribution in [0.1, 0.15) is 47.5 Å². The van der Waals surface area contributed by atoms with Gasteiger partial charge in [0.05, 0.1) is 0 Å². The summed E-state index contributed by atoms with van der Waals surface area (Å²) < 4.78 is 0. The third-order valence-electron chi connectivity index (χ3n) is 6.08. The van der Waals surface area contributed by atoms with E-state index in [1.165, 1.54) is 11.3 Å². The Hall–Kier alpha value is -2.51. The van der Waals surface area contributed by atoms with Gasteiger partial charge in [-0.15, -0.1) is 0 Å². The van der Waals surface area contributed by atoms with Gasteiger partial charge in [0.1, 0.15) is 5.54 Å². The number of benzene rings is 1. The second kappa shape index (κ2) is 7.14. The van der Waals surface area contributed by atoms with Gasteiger partial charge in [-0.1, -0.05) is 24.6 Å². The zero-order chi connectivity index (χ0) is 19.9. The predicted octanol–water partition coefficient (Wildman–Crippen LogP) is 3.05. The molecule has 2 aromatic rings. The maximum Gasteiger partial charge on any atom is 0.324 e. The van der Waals surface area contributed by atoms with Gasteiger partial charge in [-0.3, -0.25) is 14.4 Å². The van der Waals surface area contributed by atoms with Crippen LogP contribution in [0.2, 0.25) is 0 Å². The van der Waals surface area contributed by atoms with Gasteiger partial charge >= 0.3 is 5.97 Å². The van der Waals surface area contributed by atoms with Gasteiger partial charge in [-0.2, -0.15) is 11.3 Å². The standard InChI is InChI=1S/C21H22N2O4S/c22-21(20(26)27,10-17(24)19(25)12-8-9-28-11-12)18-13-4-1-2-6-15(13)23-16-7-3-5-14(16)18/h1-2,4,6,8-9,11,14,16,18,23H,3,5,7,10,22H2,(H,26,27)/t14-,16+,18?,21?/m0/s1. The molecule has 4 N–H and O–H groups in total. The summed E-state index contributed by atoms with van der Waals surface area (Å²) in [7, 11) is 0. The number of anilines is 1. The number of para-hydroxylation sites is 1. The highest BCUT2D eigenvalue weighted by atomic mass is 32.1. The van der Waals surface area contributed by atoms with Crippen molar-refractivity contribution in [2.24, 2.45) is 11.7 Å². The molecule has 2 unspecified atom stereocenters. The quantitative estimate of drug-likeness (QED) is 0.510. The van der Waals surface area contributed by atoms with Gasteiger partial charge in [-0.25, -0.2) is 0 Å². The summed E-state index contributed by atoms with van der Waals surface area (Å²) in [6, 6.07) is 9.22. The number of carboxylic acid groups (broad SMARTS) is 1. The molecule has 28 heavy (non-hydrogen) atoms. The maximum atomic E-state index is 12.7. The van der Waals surface area contributed by atoms with Crippen LogP contribution < -0.4 is 11.1 Å². The van der Waals surface area contributed by atoms with Crippen molar-refractivity contribution in [2.45, 2.75) is 43.2 Å². The highest BCUT2D eigenvalue weighted by Crippen LogP contribution is 2.50. The van der Waals surface area contributed by atoms with Crippen LogP contribution in [0.3, 0.4) is 0 Å². The number of carbonyl (C=O) groups excluding carboxylic acids is 2. The van der Waals surface area contributed by atoms with Crippen molar-refractivity contribution in [3.8, 4) is 0 Å². The Morgan fingerprint density at radius 3 is 2.71 bits per heavy atom. The van der Waals surface area contributed by atoms with Gasteiger partial charge in [0, 0.05) is 35.0 Å². The number of carboxylic acids is 1. The van der Waals surface area contributed by atoms with Crippen molar-refractivity contribution in [1.82, 2.24) is 0 Å². The molecule has 4 rings (SSSR count). The lowest BCUT2D eigenvalue weighted by molar-refractivity contribution is -0.146. The minimum Gasteiger partial charge on any atom is -0.480 e. The van der Waals surface area contributed by atoms with E-state index in [1.807, 2.05) is 24.3 Å². The number of hydrogen-bond donors (Lipinski definition) is 3. The molecule has 0 spiro atoms. The number of ketones is 2. The van der Waals surface area contributed by atoms with Crippen molar-refractivity contribution < 1.29 is 19.5 Å². The first-order valence-electron chi connectivity index (χ1n) is 9.39. The zero-order valence-corrected chi connectivity index (χ0v) is 16.1. The lowest BCUT2D eigenvalue weighted by Gasteiger charge is -2.44. The van der Waals surface area contributed by atoms with Crippen molar-refractivity contribution in [3.05, 3.63) is 52.2 Å². The largest absolute Gasteiger partial charge is 0.480 e. The van der Waals surface area contributed by atoms with Crippen molar-refractivity contribution >= 4 is 34.6 Å². The molecule has 1 saturated carbocycles. The minimum absolute atomic E-state index is 0.0139. The molecule has 6 nitrogen and oxygen atoms in total. The first-order chi connectivity index (χ1) is 13.4. The SMILES string of the molecule is NC(CC(=O)C(=O)c1ccsc1)(C(=O)O)C1c2ccccc2N[C@@H]2CCC[C@H]12. The molecule has 0 amide bonds. The lowest BCUT2D eigenvalue weighted by Crippen LogP contribution is -2.59. The second-order valence-electron chi connectivity index (χ2n) is 7.70. The van der Waals surface area contributed by atoms with Gasteiger partial charge in [0.25, 0.3) is 0 Å². The van der Waals surface area contributed by atoms with E-state index >= 15 is 0 Å². The normalized spacial score (nSPS) is 25.1. The molecule has 2 aliphatic rings. The number of Topliss-reactive ketones (excluding diaryl/α,β-unsaturated/α-hetero) is 2. The van der Waals surface area contributed by atoms with E-state index in [-0.39, 0.29) is 17.5 Å². The van der Waals surface area contributed by atoms with Crippen LogP contribution in [-0.2, 0) is 9.59 Å². The van der Waals surface area contributed by atoms with E-state index in [9.17, 15) is 19.5 Å². The van der Waals surface area contributed by atoms with Crippen LogP contribution in [0.4, 0.5) is 5.69 Å². The summed E-state index contributed by atoms with van der Waals surface area (Å²) in [6.45, 7) is 0. The fourth-order valence-electron chi connectivity index (χ4n) is 4.78. The summed E-state index contributed by atoms with van der Waals surface area (Å²) in [5.41, 5.74) is 6.60.